The molecule has 0 aromatic heterocycles. The standard InChI is InChI=1S/C11H13F3O4S/c1-3-17-10-6-4-9(5-7-10)8(2)18-19(15,16)11(12,13)14/h4-8H,3H2,1-2H3. The highest BCUT2D eigenvalue weighted by Crippen LogP contribution is 2.30. The number of hydrogen-bond donors (Lipinski definition) is 0. The molecule has 0 saturated carbocycles. The van der Waals surface area contributed by atoms with Crippen molar-refractivity contribution in [3.05, 3.63) is 29.8 Å². The Labute approximate surface area is 109 Å². The van der Waals surface area contributed by atoms with Crippen molar-refractivity contribution in [2.24, 2.45) is 0 Å². The molecule has 8 heteroatoms. The van der Waals surface area contributed by atoms with Crippen molar-refractivity contribution in [3.8, 4) is 5.75 Å². The monoisotopic (exact) mass is 298 g/mol. The smallest absolute Gasteiger partial charge is 0.494 e. The lowest BCUT2D eigenvalue weighted by Crippen LogP contribution is -2.26. The maximum Gasteiger partial charge on any atom is 0.523 e. The Bertz CT molecular complexity index is 508. The van der Waals surface area contributed by atoms with Gasteiger partial charge in [0, 0.05) is 0 Å². The van der Waals surface area contributed by atoms with Gasteiger partial charge in [0.2, 0.25) is 0 Å². The highest BCUT2D eigenvalue weighted by molar-refractivity contribution is 7.87. The molecule has 1 rings (SSSR count). The molecular formula is C11H13F3O4S. The van der Waals surface area contributed by atoms with E-state index in [-0.39, 0.29) is 0 Å². The molecule has 0 heterocycles. The number of rotatable bonds is 5. The first-order chi connectivity index (χ1) is 8.67. The average molecular weight is 298 g/mol. The van der Waals surface area contributed by atoms with E-state index < -0.39 is 21.7 Å². The summed E-state index contributed by atoms with van der Waals surface area (Å²) in [5, 5.41) is 0. The van der Waals surface area contributed by atoms with Gasteiger partial charge in [-0.05, 0) is 31.5 Å². The number of benzene rings is 1. The van der Waals surface area contributed by atoms with Crippen LogP contribution in [0.25, 0.3) is 0 Å². The van der Waals surface area contributed by atoms with Gasteiger partial charge in [0.1, 0.15) is 5.75 Å². The summed E-state index contributed by atoms with van der Waals surface area (Å²) in [6, 6.07) is 5.95. The fourth-order valence-electron chi connectivity index (χ4n) is 1.30. The van der Waals surface area contributed by atoms with Crippen LogP contribution in [0.2, 0.25) is 0 Å². The van der Waals surface area contributed by atoms with Gasteiger partial charge in [0.15, 0.2) is 0 Å². The van der Waals surface area contributed by atoms with Crippen molar-refractivity contribution in [1.82, 2.24) is 0 Å². The molecule has 0 aliphatic rings. The molecule has 0 aliphatic carbocycles. The zero-order chi connectivity index (χ0) is 14.7. The van der Waals surface area contributed by atoms with Gasteiger partial charge in [-0.1, -0.05) is 12.1 Å². The van der Waals surface area contributed by atoms with Crippen LogP contribution in [0.15, 0.2) is 24.3 Å². The second-order valence-electron chi connectivity index (χ2n) is 3.64. The molecule has 19 heavy (non-hydrogen) atoms. The number of halogens is 3. The van der Waals surface area contributed by atoms with Crippen LogP contribution in [-0.4, -0.2) is 20.5 Å². The molecule has 1 atom stereocenters. The summed E-state index contributed by atoms with van der Waals surface area (Å²) >= 11 is 0. The first kappa shape index (κ1) is 15.8. The molecule has 0 N–H and O–H groups in total. The van der Waals surface area contributed by atoms with Crippen molar-refractivity contribution in [2.45, 2.75) is 25.5 Å². The summed E-state index contributed by atoms with van der Waals surface area (Å²) in [6.07, 6.45) is -1.23. The summed E-state index contributed by atoms with van der Waals surface area (Å²) in [5.74, 6) is 0.539. The summed E-state index contributed by atoms with van der Waals surface area (Å²) in [6.45, 7) is 3.46. The van der Waals surface area contributed by atoms with E-state index in [1.807, 2.05) is 0 Å². The lowest BCUT2D eigenvalue weighted by Gasteiger charge is -2.15. The third-order valence-corrected chi connectivity index (χ3v) is 3.32. The summed E-state index contributed by atoms with van der Waals surface area (Å²) in [4.78, 5) is 0. The molecule has 1 aromatic carbocycles. The Balaban J connectivity index is 2.81. The highest BCUT2D eigenvalue weighted by atomic mass is 32.2. The molecular weight excluding hydrogens is 285 g/mol. The molecule has 0 saturated heterocycles. The molecule has 0 bridgehead atoms. The number of alkyl halides is 3. The van der Waals surface area contributed by atoms with E-state index in [1.54, 1.807) is 6.92 Å². The predicted octanol–water partition coefficient (Wildman–Crippen LogP) is 3.01. The second-order valence-corrected chi connectivity index (χ2v) is 5.20. The Morgan fingerprint density at radius 1 is 1.21 bits per heavy atom. The van der Waals surface area contributed by atoms with Gasteiger partial charge in [0.05, 0.1) is 12.7 Å². The Kier molecular flexibility index (Phi) is 4.81. The topological polar surface area (TPSA) is 52.6 Å². The van der Waals surface area contributed by atoms with E-state index in [4.69, 9.17) is 4.74 Å². The minimum atomic E-state index is -5.60. The van der Waals surface area contributed by atoms with Crippen LogP contribution in [0.4, 0.5) is 13.2 Å². The quantitative estimate of drug-likeness (QED) is 0.619. The summed E-state index contributed by atoms with van der Waals surface area (Å²) in [5.41, 5.74) is -5.12. The molecule has 0 fully saturated rings. The molecule has 0 spiro atoms. The maximum absolute atomic E-state index is 12.1. The van der Waals surface area contributed by atoms with Crippen molar-refractivity contribution in [2.75, 3.05) is 6.61 Å². The second kappa shape index (κ2) is 5.79. The fourth-order valence-corrected chi connectivity index (χ4v) is 1.90. The molecule has 4 nitrogen and oxygen atoms in total. The van der Waals surface area contributed by atoms with Gasteiger partial charge in [0.25, 0.3) is 0 Å². The fraction of sp³-hybridized carbons (Fsp3) is 0.455. The zero-order valence-corrected chi connectivity index (χ0v) is 11.1. The van der Waals surface area contributed by atoms with Gasteiger partial charge in [-0.15, -0.1) is 0 Å². The minimum Gasteiger partial charge on any atom is -0.494 e. The molecule has 108 valence electrons. The summed E-state index contributed by atoms with van der Waals surface area (Å²) in [7, 11) is -5.60. The van der Waals surface area contributed by atoms with Crippen LogP contribution >= 0.6 is 0 Å². The van der Waals surface area contributed by atoms with Crippen LogP contribution in [-0.2, 0) is 14.3 Å². The zero-order valence-electron chi connectivity index (χ0n) is 10.3. The number of ether oxygens (including phenoxy) is 1. The Morgan fingerprint density at radius 2 is 1.74 bits per heavy atom. The predicted molar refractivity (Wildman–Crippen MR) is 62.1 cm³/mol. The van der Waals surface area contributed by atoms with E-state index >= 15 is 0 Å². The first-order valence-corrected chi connectivity index (χ1v) is 6.80. The highest BCUT2D eigenvalue weighted by Gasteiger charge is 2.48. The molecule has 0 amide bonds. The van der Waals surface area contributed by atoms with Crippen molar-refractivity contribution in [1.29, 1.82) is 0 Å². The van der Waals surface area contributed by atoms with Crippen molar-refractivity contribution >= 4 is 10.1 Å². The lowest BCUT2D eigenvalue weighted by molar-refractivity contribution is -0.0569. The van der Waals surface area contributed by atoms with E-state index in [1.165, 1.54) is 31.2 Å². The van der Waals surface area contributed by atoms with Crippen LogP contribution in [0, 0.1) is 0 Å². The van der Waals surface area contributed by atoms with Crippen LogP contribution < -0.4 is 4.74 Å². The molecule has 1 aromatic rings. The Morgan fingerprint density at radius 3 is 2.16 bits per heavy atom. The molecule has 0 aliphatic heterocycles. The SMILES string of the molecule is CCOc1ccc(C(C)OS(=O)(=O)C(F)(F)F)cc1. The van der Waals surface area contributed by atoms with Crippen molar-refractivity contribution in [3.63, 3.8) is 0 Å². The largest absolute Gasteiger partial charge is 0.523 e. The van der Waals surface area contributed by atoms with Crippen molar-refractivity contribution < 1.29 is 30.5 Å². The third-order valence-electron chi connectivity index (χ3n) is 2.22. The van der Waals surface area contributed by atoms with Gasteiger partial charge >= 0.3 is 15.6 Å². The van der Waals surface area contributed by atoms with Gasteiger partial charge < -0.3 is 4.74 Å². The lowest BCUT2D eigenvalue weighted by atomic mass is 10.1. The normalized spacial score (nSPS) is 14.2. The van der Waals surface area contributed by atoms with Gasteiger partial charge in [-0.25, -0.2) is 0 Å². The molecule has 0 radical (unpaired) electrons. The van der Waals surface area contributed by atoms with E-state index in [0.29, 0.717) is 17.9 Å². The maximum atomic E-state index is 12.1. The van der Waals surface area contributed by atoms with E-state index in [0.717, 1.165) is 0 Å². The van der Waals surface area contributed by atoms with E-state index in [9.17, 15) is 21.6 Å². The van der Waals surface area contributed by atoms with Crippen LogP contribution in [0.1, 0.15) is 25.5 Å². The third kappa shape index (κ3) is 4.10. The minimum absolute atomic E-state index is 0.302. The van der Waals surface area contributed by atoms with Crippen LogP contribution in [0.3, 0.4) is 0 Å². The van der Waals surface area contributed by atoms with Gasteiger partial charge in [-0.2, -0.15) is 21.6 Å². The molecule has 1 unspecified atom stereocenters. The van der Waals surface area contributed by atoms with Gasteiger partial charge in [-0.3, -0.25) is 4.18 Å². The van der Waals surface area contributed by atoms with E-state index in [2.05, 4.69) is 4.18 Å². The average Bonchev–Trinajstić information content (AvgIpc) is 2.28. The summed E-state index contributed by atoms with van der Waals surface area (Å²) < 4.78 is 67.3. The number of hydrogen-bond acceptors (Lipinski definition) is 4. The Hall–Kier alpha value is -1.28. The van der Waals surface area contributed by atoms with Crippen LogP contribution in [0.5, 0.6) is 5.75 Å². The first-order valence-electron chi connectivity index (χ1n) is 5.39.